The summed E-state index contributed by atoms with van der Waals surface area (Å²) in [7, 11) is 1.37. The Morgan fingerprint density at radius 3 is 2.47 bits per heavy atom. The summed E-state index contributed by atoms with van der Waals surface area (Å²) in [4.78, 5) is 10.9. The van der Waals surface area contributed by atoms with E-state index in [4.69, 9.17) is 0 Å². The van der Waals surface area contributed by atoms with Crippen LogP contribution in [0, 0.1) is 17.8 Å². The average molecular weight is 230 g/mol. The zero-order valence-corrected chi connectivity index (χ0v) is 10.6. The highest BCUT2D eigenvalue weighted by Crippen LogP contribution is 2.09. The van der Waals surface area contributed by atoms with E-state index < -0.39 is 0 Å². The molecule has 0 fully saturated rings. The van der Waals surface area contributed by atoms with Gasteiger partial charge in [0.2, 0.25) is 0 Å². The maximum absolute atomic E-state index is 10.9. The molecule has 0 aliphatic rings. The Balaban J connectivity index is 2.59. The molecule has 0 saturated carbocycles. The van der Waals surface area contributed by atoms with E-state index >= 15 is 0 Å². The molecule has 2 nitrogen and oxygen atoms in total. The van der Waals surface area contributed by atoms with Crippen molar-refractivity contribution in [2.24, 2.45) is 5.92 Å². The van der Waals surface area contributed by atoms with Crippen molar-refractivity contribution in [1.82, 2.24) is 0 Å². The summed E-state index contributed by atoms with van der Waals surface area (Å²) >= 11 is 0. The first-order valence-corrected chi connectivity index (χ1v) is 5.76. The molecule has 0 aromatic heterocycles. The van der Waals surface area contributed by atoms with Gasteiger partial charge in [0, 0.05) is 5.56 Å². The van der Waals surface area contributed by atoms with E-state index in [1.165, 1.54) is 12.7 Å². The quantitative estimate of drug-likeness (QED) is 0.589. The molecular formula is C15H18O2. The lowest BCUT2D eigenvalue weighted by Crippen LogP contribution is -1.97. The van der Waals surface area contributed by atoms with Crippen molar-refractivity contribution in [2.75, 3.05) is 7.11 Å². The second-order valence-electron chi connectivity index (χ2n) is 4.35. The van der Waals surface area contributed by atoms with Crippen molar-refractivity contribution in [1.29, 1.82) is 0 Å². The fourth-order valence-electron chi connectivity index (χ4n) is 1.49. The van der Waals surface area contributed by atoms with Gasteiger partial charge < -0.3 is 4.74 Å². The van der Waals surface area contributed by atoms with Crippen LogP contribution in [0.15, 0.2) is 24.3 Å². The Bertz CT molecular complexity index is 418. The van der Waals surface area contributed by atoms with Crippen molar-refractivity contribution in [3.8, 4) is 11.8 Å². The molecule has 90 valence electrons. The van der Waals surface area contributed by atoms with Gasteiger partial charge in [-0.15, -0.1) is 0 Å². The standard InChI is InChI=1S/C15H18O2/c1-12(2)11-14-9-7-13(8-10-14)5-4-6-15(16)17-3/h7-10,12H,6,11H2,1-3H3. The Morgan fingerprint density at radius 1 is 1.29 bits per heavy atom. The average Bonchev–Trinajstić information content (AvgIpc) is 2.30. The molecule has 0 atom stereocenters. The van der Waals surface area contributed by atoms with E-state index in [9.17, 15) is 4.79 Å². The number of methoxy groups -OCH3 is 1. The van der Waals surface area contributed by atoms with Crippen LogP contribution in [-0.2, 0) is 16.0 Å². The molecule has 0 amide bonds. The first-order chi connectivity index (χ1) is 8.11. The molecule has 0 aliphatic carbocycles. The first-order valence-electron chi connectivity index (χ1n) is 5.76. The lowest BCUT2D eigenvalue weighted by molar-refractivity contribution is -0.139. The molecule has 0 radical (unpaired) electrons. The van der Waals surface area contributed by atoms with Crippen LogP contribution in [-0.4, -0.2) is 13.1 Å². The molecule has 2 heteroatoms. The summed E-state index contributed by atoms with van der Waals surface area (Å²) in [6, 6.07) is 8.15. The minimum atomic E-state index is -0.297. The highest BCUT2D eigenvalue weighted by molar-refractivity contribution is 5.72. The Labute approximate surface area is 103 Å². The summed E-state index contributed by atoms with van der Waals surface area (Å²) in [6.45, 7) is 4.40. The number of benzene rings is 1. The Kier molecular flexibility index (Phi) is 5.29. The molecular weight excluding hydrogens is 212 g/mol. The molecule has 0 N–H and O–H groups in total. The molecule has 1 aromatic rings. The van der Waals surface area contributed by atoms with Crippen molar-refractivity contribution in [2.45, 2.75) is 26.7 Å². The lowest BCUT2D eigenvalue weighted by Gasteiger charge is -2.04. The minimum absolute atomic E-state index is 0.143. The molecule has 1 aromatic carbocycles. The molecule has 0 unspecified atom stereocenters. The van der Waals surface area contributed by atoms with Crippen LogP contribution in [0.2, 0.25) is 0 Å². The maximum atomic E-state index is 10.9. The van der Waals surface area contributed by atoms with Crippen LogP contribution < -0.4 is 0 Å². The summed E-state index contributed by atoms with van der Waals surface area (Å²) in [5.74, 6) is 6.09. The summed E-state index contributed by atoms with van der Waals surface area (Å²) in [5.41, 5.74) is 2.25. The van der Waals surface area contributed by atoms with Gasteiger partial charge >= 0.3 is 5.97 Å². The van der Waals surface area contributed by atoms with Crippen LogP contribution in [0.4, 0.5) is 0 Å². The Morgan fingerprint density at radius 2 is 1.94 bits per heavy atom. The van der Waals surface area contributed by atoms with E-state index in [-0.39, 0.29) is 12.4 Å². The normalized spacial score (nSPS) is 9.65. The van der Waals surface area contributed by atoms with Gasteiger partial charge in [0.1, 0.15) is 6.42 Å². The third kappa shape index (κ3) is 5.21. The Hall–Kier alpha value is -1.75. The van der Waals surface area contributed by atoms with Crippen molar-refractivity contribution in [3.63, 3.8) is 0 Å². The van der Waals surface area contributed by atoms with Gasteiger partial charge in [0.05, 0.1) is 7.11 Å². The molecule has 0 spiro atoms. The number of hydrogen-bond acceptors (Lipinski definition) is 2. The molecule has 0 bridgehead atoms. The smallest absolute Gasteiger partial charge is 0.317 e. The van der Waals surface area contributed by atoms with Crippen LogP contribution in [0.25, 0.3) is 0 Å². The number of carbonyl (C=O) groups excluding carboxylic acids is 1. The number of carbonyl (C=O) groups is 1. The van der Waals surface area contributed by atoms with Gasteiger partial charge in [0.25, 0.3) is 0 Å². The number of hydrogen-bond donors (Lipinski definition) is 0. The van der Waals surface area contributed by atoms with Gasteiger partial charge in [-0.25, -0.2) is 0 Å². The largest absolute Gasteiger partial charge is 0.468 e. The van der Waals surface area contributed by atoms with Gasteiger partial charge in [-0.3, -0.25) is 4.79 Å². The van der Waals surface area contributed by atoms with Gasteiger partial charge in [0.15, 0.2) is 0 Å². The fraction of sp³-hybridized carbons (Fsp3) is 0.400. The van der Waals surface area contributed by atoms with E-state index in [1.54, 1.807) is 0 Å². The molecule has 1 rings (SSSR count). The van der Waals surface area contributed by atoms with Gasteiger partial charge in [-0.2, -0.15) is 0 Å². The second-order valence-corrected chi connectivity index (χ2v) is 4.35. The van der Waals surface area contributed by atoms with E-state index in [1.807, 2.05) is 12.1 Å². The second kappa shape index (κ2) is 6.75. The zero-order chi connectivity index (χ0) is 12.7. The SMILES string of the molecule is COC(=O)CC#Cc1ccc(CC(C)C)cc1. The topological polar surface area (TPSA) is 26.3 Å². The van der Waals surface area contributed by atoms with Gasteiger partial charge in [-0.05, 0) is 30.0 Å². The number of rotatable bonds is 3. The summed E-state index contributed by atoms with van der Waals surface area (Å²) in [5, 5.41) is 0. The molecule has 0 heterocycles. The van der Waals surface area contributed by atoms with Crippen LogP contribution in [0.3, 0.4) is 0 Å². The predicted molar refractivity (Wildman–Crippen MR) is 68.5 cm³/mol. The zero-order valence-electron chi connectivity index (χ0n) is 10.6. The van der Waals surface area contributed by atoms with Crippen molar-refractivity contribution >= 4 is 5.97 Å². The third-order valence-corrected chi connectivity index (χ3v) is 2.29. The van der Waals surface area contributed by atoms with E-state index in [0.29, 0.717) is 5.92 Å². The highest BCUT2D eigenvalue weighted by atomic mass is 16.5. The minimum Gasteiger partial charge on any atom is -0.468 e. The summed E-state index contributed by atoms with van der Waals surface area (Å²) in [6.07, 6.45) is 1.22. The molecule has 0 aliphatic heterocycles. The van der Waals surface area contributed by atoms with E-state index in [0.717, 1.165) is 12.0 Å². The van der Waals surface area contributed by atoms with Gasteiger partial charge in [-0.1, -0.05) is 37.8 Å². The highest BCUT2D eigenvalue weighted by Gasteiger charge is 1.97. The van der Waals surface area contributed by atoms with Crippen LogP contribution in [0.5, 0.6) is 0 Å². The molecule has 17 heavy (non-hydrogen) atoms. The monoisotopic (exact) mass is 230 g/mol. The predicted octanol–water partition coefficient (Wildman–Crippen LogP) is 2.80. The molecule has 0 saturated heterocycles. The van der Waals surface area contributed by atoms with Crippen molar-refractivity contribution < 1.29 is 9.53 Å². The number of ether oxygens (including phenoxy) is 1. The number of esters is 1. The van der Waals surface area contributed by atoms with Crippen LogP contribution >= 0.6 is 0 Å². The van der Waals surface area contributed by atoms with E-state index in [2.05, 4.69) is 42.6 Å². The fourth-order valence-corrected chi connectivity index (χ4v) is 1.49. The third-order valence-electron chi connectivity index (χ3n) is 2.29. The lowest BCUT2D eigenvalue weighted by atomic mass is 10.0. The van der Waals surface area contributed by atoms with Crippen molar-refractivity contribution in [3.05, 3.63) is 35.4 Å². The summed E-state index contributed by atoms with van der Waals surface area (Å²) < 4.78 is 4.51. The van der Waals surface area contributed by atoms with Crippen LogP contribution in [0.1, 0.15) is 31.4 Å². The first kappa shape index (κ1) is 13.3. The maximum Gasteiger partial charge on any atom is 0.317 e.